The lowest BCUT2D eigenvalue weighted by Crippen LogP contribution is -2.19. The maximum absolute atomic E-state index is 14.1. The normalized spacial score (nSPS) is 11.4. The van der Waals surface area contributed by atoms with Crippen molar-refractivity contribution in [2.45, 2.75) is 0 Å². The first-order valence-corrected chi connectivity index (χ1v) is 12.3. The first kappa shape index (κ1) is 21.3. The van der Waals surface area contributed by atoms with Crippen molar-refractivity contribution in [1.29, 1.82) is 0 Å². The van der Waals surface area contributed by atoms with Crippen molar-refractivity contribution < 1.29 is 0 Å². The van der Waals surface area contributed by atoms with Gasteiger partial charge in [-0.05, 0) is 70.1 Å². The smallest absolute Gasteiger partial charge is 0.263 e. The first-order valence-electron chi connectivity index (χ1n) is 12.3. The van der Waals surface area contributed by atoms with Gasteiger partial charge >= 0.3 is 0 Å². The Morgan fingerprint density at radius 3 is 1.81 bits per heavy atom. The summed E-state index contributed by atoms with van der Waals surface area (Å²) in [4.78, 5) is 18.7. The average molecular weight is 475 g/mol. The van der Waals surface area contributed by atoms with E-state index in [1.54, 1.807) is 0 Å². The van der Waals surface area contributed by atoms with E-state index in [0.717, 1.165) is 55.1 Å². The summed E-state index contributed by atoms with van der Waals surface area (Å²) in [6, 6.07) is 43.1. The molecule has 0 spiro atoms. The molecule has 0 N–H and O–H groups in total. The lowest BCUT2D eigenvalue weighted by Gasteiger charge is -2.17. The predicted molar refractivity (Wildman–Crippen MR) is 153 cm³/mol. The molecule has 5 aromatic carbocycles. The zero-order valence-electron chi connectivity index (χ0n) is 20.0. The molecule has 0 saturated heterocycles. The van der Waals surface area contributed by atoms with Gasteiger partial charge in [0, 0.05) is 22.4 Å². The van der Waals surface area contributed by atoms with Crippen LogP contribution in [0.4, 0.5) is 0 Å². The number of aromatic nitrogens is 2. The Balaban J connectivity index is 1.62. The van der Waals surface area contributed by atoms with Gasteiger partial charge in [-0.3, -0.25) is 14.3 Å². The molecule has 7 aromatic rings. The number of hydrogen-bond acceptors (Lipinski definition) is 2. The summed E-state index contributed by atoms with van der Waals surface area (Å²) in [5, 5.41) is 3.64. The summed E-state index contributed by atoms with van der Waals surface area (Å²) in [6.45, 7) is 0. The van der Waals surface area contributed by atoms with Crippen molar-refractivity contribution in [3.63, 3.8) is 0 Å². The van der Waals surface area contributed by atoms with Crippen LogP contribution in [-0.4, -0.2) is 9.55 Å². The van der Waals surface area contributed by atoms with Crippen LogP contribution in [0.15, 0.2) is 138 Å². The Morgan fingerprint density at radius 1 is 0.514 bits per heavy atom. The summed E-state index contributed by atoms with van der Waals surface area (Å²) in [7, 11) is 0. The lowest BCUT2D eigenvalue weighted by atomic mass is 9.97. The molecule has 0 saturated carbocycles. The van der Waals surface area contributed by atoms with Crippen LogP contribution in [0.1, 0.15) is 0 Å². The van der Waals surface area contributed by atoms with E-state index < -0.39 is 0 Å². The zero-order chi connectivity index (χ0) is 24.8. The van der Waals surface area contributed by atoms with Crippen LogP contribution in [0.3, 0.4) is 0 Å². The highest BCUT2D eigenvalue weighted by molar-refractivity contribution is 6.10. The summed E-state index contributed by atoms with van der Waals surface area (Å²) in [5.74, 6) is 0. The van der Waals surface area contributed by atoms with Gasteiger partial charge in [0.15, 0.2) is 0 Å². The largest absolute Gasteiger partial charge is 0.276 e. The number of pyridine rings is 2. The van der Waals surface area contributed by atoms with E-state index in [2.05, 4.69) is 59.6 Å². The van der Waals surface area contributed by atoms with Crippen molar-refractivity contribution in [1.82, 2.24) is 9.55 Å². The summed E-state index contributed by atoms with van der Waals surface area (Å²) in [5.41, 5.74) is 6.92. The van der Waals surface area contributed by atoms with Crippen LogP contribution < -0.4 is 5.56 Å². The van der Waals surface area contributed by atoms with E-state index in [-0.39, 0.29) is 5.56 Å². The van der Waals surface area contributed by atoms with Crippen LogP contribution in [0.5, 0.6) is 0 Å². The molecule has 3 heteroatoms. The molecule has 37 heavy (non-hydrogen) atoms. The van der Waals surface area contributed by atoms with E-state index in [4.69, 9.17) is 0 Å². The summed E-state index contributed by atoms with van der Waals surface area (Å²) >= 11 is 0. The van der Waals surface area contributed by atoms with Crippen LogP contribution in [0.2, 0.25) is 0 Å². The third-order valence-electron chi connectivity index (χ3n) is 7.00. The molecule has 0 atom stereocenters. The van der Waals surface area contributed by atoms with Crippen LogP contribution >= 0.6 is 0 Å². The minimum absolute atomic E-state index is 0.0319. The van der Waals surface area contributed by atoms with Crippen molar-refractivity contribution in [3.05, 3.63) is 144 Å². The highest BCUT2D eigenvalue weighted by Gasteiger charge is 2.15. The highest BCUT2D eigenvalue weighted by Crippen LogP contribution is 2.33. The van der Waals surface area contributed by atoms with E-state index in [1.165, 1.54) is 0 Å². The van der Waals surface area contributed by atoms with Crippen molar-refractivity contribution in [2.75, 3.05) is 0 Å². The lowest BCUT2D eigenvalue weighted by molar-refractivity contribution is 1.06. The molecule has 0 fully saturated rings. The van der Waals surface area contributed by atoms with Gasteiger partial charge in [-0.25, -0.2) is 0 Å². The van der Waals surface area contributed by atoms with E-state index >= 15 is 0 Å². The second-order valence-electron chi connectivity index (χ2n) is 9.25. The Hall–Kier alpha value is -5.02. The first-order chi connectivity index (χ1) is 18.3. The fourth-order valence-electron chi connectivity index (χ4n) is 5.23. The minimum atomic E-state index is -0.0319. The molecular weight excluding hydrogens is 452 g/mol. The van der Waals surface area contributed by atoms with Crippen molar-refractivity contribution in [2.24, 2.45) is 0 Å². The van der Waals surface area contributed by atoms with Crippen LogP contribution in [-0.2, 0) is 0 Å². The van der Waals surface area contributed by atoms with E-state index in [1.807, 2.05) is 83.6 Å². The molecule has 2 heterocycles. The highest BCUT2D eigenvalue weighted by atomic mass is 16.1. The fourth-order valence-corrected chi connectivity index (χ4v) is 5.23. The maximum Gasteiger partial charge on any atom is 0.263 e. The molecule has 0 aliphatic heterocycles. The summed E-state index contributed by atoms with van der Waals surface area (Å²) in [6.07, 6.45) is 1.81. The Bertz CT molecular complexity index is 1930. The zero-order valence-corrected chi connectivity index (χ0v) is 20.0. The number of rotatable bonds is 3. The number of nitrogens with zero attached hydrogens (tertiary/aromatic N) is 2. The van der Waals surface area contributed by atoms with Gasteiger partial charge in [-0.2, -0.15) is 0 Å². The minimum Gasteiger partial charge on any atom is -0.276 e. The molecule has 7 rings (SSSR count). The van der Waals surface area contributed by atoms with Crippen molar-refractivity contribution in [3.8, 4) is 27.9 Å². The molecule has 0 radical (unpaired) electrons. The number of benzene rings is 5. The van der Waals surface area contributed by atoms with Gasteiger partial charge in [0.1, 0.15) is 0 Å². The third-order valence-corrected chi connectivity index (χ3v) is 7.00. The Labute approximate surface area is 213 Å². The van der Waals surface area contributed by atoms with E-state index in [9.17, 15) is 4.79 Å². The molecule has 0 aliphatic rings. The molecule has 0 amide bonds. The van der Waals surface area contributed by atoms with Gasteiger partial charge in [0.05, 0.1) is 16.7 Å². The van der Waals surface area contributed by atoms with Gasteiger partial charge in [0.2, 0.25) is 0 Å². The van der Waals surface area contributed by atoms with Crippen molar-refractivity contribution >= 4 is 32.6 Å². The standard InChI is InChI=1S/C34H22N2O/c37-34-30-16-8-7-15-29(30)31-22-32-25(14-9-17-35-32)21-33(31)36(34)28-19-26(23-10-3-1-4-11-23)18-27(20-28)24-12-5-2-6-13-24/h1-22H. The quantitative estimate of drug-likeness (QED) is 0.192. The van der Waals surface area contributed by atoms with Crippen LogP contribution in [0.25, 0.3) is 60.5 Å². The molecule has 0 unspecified atom stereocenters. The van der Waals surface area contributed by atoms with Gasteiger partial charge < -0.3 is 0 Å². The van der Waals surface area contributed by atoms with Gasteiger partial charge in [-0.1, -0.05) is 84.9 Å². The maximum atomic E-state index is 14.1. The van der Waals surface area contributed by atoms with Gasteiger partial charge in [-0.15, -0.1) is 0 Å². The number of hydrogen-bond donors (Lipinski definition) is 0. The SMILES string of the molecule is O=c1c2ccccc2c2cc3ncccc3cc2n1-c1cc(-c2ccccc2)cc(-c2ccccc2)c1. The predicted octanol–water partition coefficient (Wildman–Crippen LogP) is 8.03. The van der Waals surface area contributed by atoms with Gasteiger partial charge in [0.25, 0.3) is 5.56 Å². The van der Waals surface area contributed by atoms with E-state index in [0.29, 0.717) is 5.39 Å². The van der Waals surface area contributed by atoms with Crippen LogP contribution in [0, 0.1) is 0 Å². The second-order valence-corrected chi connectivity index (χ2v) is 9.25. The monoisotopic (exact) mass is 474 g/mol. The molecule has 0 aliphatic carbocycles. The molecular formula is C34H22N2O. The average Bonchev–Trinajstić information content (AvgIpc) is 2.97. The molecule has 2 aromatic heterocycles. The fraction of sp³-hybridized carbons (Fsp3) is 0. The summed E-state index contributed by atoms with van der Waals surface area (Å²) < 4.78 is 1.86. The molecule has 0 bridgehead atoms. The molecule has 174 valence electrons. The second kappa shape index (κ2) is 8.58. The third kappa shape index (κ3) is 3.60. The Morgan fingerprint density at radius 2 is 1.14 bits per heavy atom. The Kier molecular flexibility index (Phi) is 4.93. The molecule has 3 nitrogen and oxygen atoms in total. The number of fused-ring (bicyclic) bond motifs is 4. The topological polar surface area (TPSA) is 34.9 Å².